The molecule has 2 fully saturated rings. The van der Waals surface area contributed by atoms with Crippen molar-refractivity contribution in [3.05, 3.63) is 29.8 Å². The van der Waals surface area contributed by atoms with Crippen LogP contribution in [-0.2, 0) is 16.0 Å². The van der Waals surface area contributed by atoms with Crippen molar-refractivity contribution >= 4 is 11.6 Å². The Balaban J connectivity index is 1.49. The van der Waals surface area contributed by atoms with Gasteiger partial charge in [-0.25, -0.2) is 0 Å². The molecular weight excluding hydrogens is 276 g/mol. The van der Waals surface area contributed by atoms with E-state index in [1.54, 1.807) is 0 Å². The van der Waals surface area contributed by atoms with Gasteiger partial charge in [-0.3, -0.25) is 4.79 Å². The van der Waals surface area contributed by atoms with Crippen LogP contribution in [0.15, 0.2) is 24.3 Å². The number of rotatable bonds is 6. The first-order valence-corrected chi connectivity index (χ1v) is 8.40. The van der Waals surface area contributed by atoms with E-state index >= 15 is 0 Å². The minimum atomic E-state index is 0.134. The minimum absolute atomic E-state index is 0.134. The number of para-hydroxylation sites is 1. The van der Waals surface area contributed by atoms with Gasteiger partial charge in [0.05, 0.1) is 6.10 Å². The van der Waals surface area contributed by atoms with Gasteiger partial charge < -0.3 is 15.8 Å². The highest BCUT2D eigenvalue weighted by molar-refractivity contribution is 5.77. The molecule has 2 unspecified atom stereocenters. The third-order valence-electron chi connectivity index (χ3n) is 5.45. The molecule has 3 rings (SSSR count). The van der Waals surface area contributed by atoms with Crippen LogP contribution in [-0.4, -0.2) is 24.7 Å². The number of carbonyl (C=O) groups is 1. The molecule has 1 aromatic carbocycles. The van der Waals surface area contributed by atoms with Crippen LogP contribution in [0, 0.1) is 5.41 Å². The summed E-state index contributed by atoms with van der Waals surface area (Å²) < 4.78 is 5.82. The zero-order valence-corrected chi connectivity index (χ0v) is 13.3. The molecule has 1 spiro atoms. The summed E-state index contributed by atoms with van der Waals surface area (Å²) in [5.74, 6) is 0.134. The van der Waals surface area contributed by atoms with Gasteiger partial charge in [-0.15, -0.1) is 0 Å². The molecule has 120 valence electrons. The fourth-order valence-corrected chi connectivity index (χ4v) is 3.92. The zero-order chi connectivity index (χ0) is 15.6. The van der Waals surface area contributed by atoms with Crippen LogP contribution >= 0.6 is 0 Å². The fraction of sp³-hybridized carbons (Fsp3) is 0.611. The van der Waals surface area contributed by atoms with Gasteiger partial charge in [-0.2, -0.15) is 0 Å². The van der Waals surface area contributed by atoms with Crippen LogP contribution in [0.25, 0.3) is 0 Å². The summed E-state index contributed by atoms with van der Waals surface area (Å²) in [5.41, 5.74) is 7.98. The number of ether oxygens (including phenoxy) is 1. The van der Waals surface area contributed by atoms with Gasteiger partial charge in [-0.05, 0) is 44.2 Å². The Morgan fingerprint density at radius 1 is 1.41 bits per heavy atom. The van der Waals surface area contributed by atoms with Crippen LogP contribution in [0.1, 0.15) is 44.6 Å². The molecule has 0 aliphatic heterocycles. The lowest BCUT2D eigenvalue weighted by Crippen LogP contribution is -2.67. The summed E-state index contributed by atoms with van der Waals surface area (Å²) in [7, 11) is 0. The maximum absolute atomic E-state index is 12.2. The number of anilines is 1. The molecule has 2 saturated carbocycles. The molecule has 2 aliphatic rings. The van der Waals surface area contributed by atoms with E-state index < -0.39 is 0 Å². The molecule has 3 N–H and O–H groups in total. The molecule has 0 radical (unpaired) electrons. The standard InChI is InChI=1S/C18H26N2O2/c1-2-22-16-12-15(18(16)10-5-11-18)20-17(21)9-8-13-6-3-4-7-14(13)19/h3-4,6-7,15-16H,2,5,8-12,19H2,1H3,(H,20,21). The van der Waals surface area contributed by atoms with E-state index in [1.165, 1.54) is 19.3 Å². The number of hydrogen-bond donors (Lipinski definition) is 2. The lowest BCUT2D eigenvalue weighted by Gasteiger charge is -2.61. The van der Waals surface area contributed by atoms with Gasteiger partial charge in [0.15, 0.2) is 0 Å². The summed E-state index contributed by atoms with van der Waals surface area (Å²) in [4.78, 5) is 12.2. The second-order valence-corrected chi connectivity index (χ2v) is 6.59. The minimum Gasteiger partial charge on any atom is -0.399 e. The van der Waals surface area contributed by atoms with E-state index in [0.717, 1.165) is 24.3 Å². The Labute approximate surface area is 132 Å². The van der Waals surface area contributed by atoms with E-state index in [0.29, 0.717) is 25.0 Å². The topological polar surface area (TPSA) is 64.3 Å². The normalized spacial score (nSPS) is 25.3. The van der Waals surface area contributed by atoms with Crippen molar-refractivity contribution in [1.29, 1.82) is 0 Å². The quantitative estimate of drug-likeness (QED) is 0.794. The Bertz CT molecular complexity index is 540. The van der Waals surface area contributed by atoms with Crippen molar-refractivity contribution in [2.24, 2.45) is 5.41 Å². The first kappa shape index (κ1) is 15.3. The van der Waals surface area contributed by atoms with Crippen molar-refractivity contribution in [3.8, 4) is 0 Å². The maximum Gasteiger partial charge on any atom is 0.220 e. The molecule has 0 heterocycles. The lowest BCUT2D eigenvalue weighted by atomic mass is 9.51. The molecule has 1 aromatic rings. The van der Waals surface area contributed by atoms with Crippen LogP contribution in [0.3, 0.4) is 0 Å². The van der Waals surface area contributed by atoms with Crippen molar-refractivity contribution in [3.63, 3.8) is 0 Å². The van der Waals surface area contributed by atoms with E-state index in [9.17, 15) is 4.79 Å². The SMILES string of the molecule is CCOC1CC(NC(=O)CCc2ccccc2N)C12CCC2. The zero-order valence-electron chi connectivity index (χ0n) is 13.3. The number of carbonyl (C=O) groups excluding carboxylic acids is 1. The van der Waals surface area contributed by atoms with Crippen LogP contribution < -0.4 is 11.1 Å². The summed E-state index contributed by atoms with van der Waals surface area (Å²) in [6.07, 6.45) is 6.15. The van der Waals surface area contributed by atoms with E-state index in [-0.39, 0.29) is 11.3 Å². The monoisotopic (exact) mass is 302 g/mol. The van der Waals surface area contributed by atoms with Gasteiger partial charge in [0.25, 0.3) is 0 Å². The third-order valence-corrected chi connectivity index (χ3v) is 5.45. The second-order valence-electron chi connectivity index (χ2n) is 6.59. The molecule has 22 heavy (non-hydrogen) atoms. The molecule has 2 aliphatic carbocycles. The average Bonchev–Trinajstić information content (AvgIpc) is 2.43. The molecule has 1 amide bonds. The van der Waals surface area contributed by atoms with E-state index in [2.05, 4.69) is 5.32 Å². The predicted octanol–water partition coefficient (Wildman–Crippen LogP) is 2.67. The Kier molecular flexibility index (Phi) is 4.39. The van der Waals surface area contributed by atoms with Crippen LogP contribution in [0.4, 0.5) is 5.69 Å². The van der Waals surface area contributed by atoms with Gasteiger partial charge in [0.2, 0.25) is 5.91 Å². The van der Waals surface area contributed by atoms with Crippen LogP contribution in [0.5, 0.6) is 0 Å². The molecular formula is C18H26N2O2. The van der Waals surface area contributed by atoms with Crippen molar-refractivity contribution < 1.29 is 9.53 Å². The molecule has 0 bridgehead atoms. The van der Waals surface area contributed by atoms with Gasteiger partial charge in [-0.1, -0.05) is 24.6 Å². The number of nitrogens with two attached hydrogens (primary N) is 1. The van der Waals surface area contributed by atoms with E-state index in [1.807, 2.05) is 31.2 Å². The number of hydrogen-bond acceptors (Lipinski definition) is 3. The Hall–Kier alpha value is -1.55. The van der Waals surface area contributed by atoms with Gasteiger partial charge in [0.1, 0.15) is 0 Å². The highest BCUT2D eigenvalue weighted by atomic mass is 16.5. The Morgan fingerprint density at radius 2 is 2.18 bits per heavy atom. The first-order chi connectivity index (χ1) is 10.7. The number of benzene rings is 1. The molecule has 4 heteroatoms. The molecule has 4 nitrogen and oxygen atoms in total. The number of amides is 1. The van der Waals surface area contributed by atoms with Crippen molar-refractivity contribution in [2.45, 2.75) is 57.6 Å². The van der Waals surface area contributed by atoms with Crippen LogP contribution in [0.2, 0.25) is 0 Å². The highest BCUT2D eigenvalue weighted by Crippen LogP contribution is 2.57. The number of aryl methyl sites for hydroxylation is 1. The maximum atomic E-state index is 12.2. The first-order valence-electron chi connectivity index (χ1n) is 8.40. The second kappa shape index (κ2) is 6.29. The molecule has 0 saturated heterocycles. The third kappa shape index (κ3) is 2.72. The molecule has 0 aromatic heterocycles. The van der Waals surface area contributed by atoms with Gasteiger partial charge >= 0.3 is 0 Å². The van der Waals surface area contributed by atoms with Gasteiger partial charge in [0, 0.05) is 30.2 Å². The molecule has 2 atom stereocenters. The lowest BCUT2D eigenvalue weighted by molar-refractivity contribution is -0.175. The number of nitrogen functional groups attached to an aromatic ring is 1. The predicted molar refractivity (Wildman–Crippen MR) is 87.4 cm³/mol. The van der Waals surface area contributed by atoms with Crippen molar-refractivity contribution in [2.75, 3.05) is 12.3 Å². The Morgan fingerprint density at radius 3 is 2.82 bits per heavy atom. The highest BCUT2D eigenvalue weighted by Gasteiger charge is 2.59. The smallest absolute Gasteiger partial charge is 0.220 e. The number of nitrogens with one attached hydrogen (secondary N) is 1. The summed E-state index contributed by atoms with van der Waals surface area (Å²) in [6, 6.07) is 8.06. The average molecular weight is 302 g/mol. The van der Waals surface area contributed by atoms with Crippen molar-refractivity contribution in [1.82, 2.24) is 5.32 Å². The van der Waals surface area contributed by atoms with E-state index in [4.69, 9.17) is 10.5 Å². The summed E-state index contributed by atoms with van der Waals surface area (Å²) >= 11 is 0. The fourth-order valence-electron chi connectivity index (χ4n) is 3.92. The largest absolute Gasteiger partial charge is 0.399 e. The summed E-state index contributed by atoms with van der Waals surface area (Å²) in [5, 5.41) is 3.23. The summed E-state index contributed by atoms with van der Waals surface area (Å²) in [6.45, 7) is 2.81.